The first-order valence-corrected chi connectivity index (χ1v) is 12.9. The Hall–Kier alpha value is -3.52. The minimum absolute atomic E-state index is 0.199. The number of nitrogens with zero attached hydrogens (tertiary/aromatic N) is 2. The SMILES string of the molecule is COc1ccc2c(c1)[C@@]1(SCCN1C(=O)Nc1ccc(C(C)C)cc1)C(=O)N2Cc1cccc(F)c1. The Morgan fingerprint density at radius 3 is 2.61 bits per heavy atom. The number of anilines is 2. The molecule has 0 saturated carbocycles. The molecule has 3 aromatic carbocycles. The molecule has 3 amide bonds. The largest absolute Gasteiger partial charge is 0.497 e. The quantitative estimate of drug-likeness (QED) is 0.466. The summed E-state index contributed by atoms with van der Waals surface area (Å²) in [6.07, 6.45) is 0. The van der Waals surface area contributed by atoms with Crippen LogP contribution in [-0.2, 0) is 16.2 Å². The van der Waals surface area contributed by atoms with E-state index in [4.69, 9.17) is 4.74 Å². The number of methoxy groups -OCH3 is 1. The average molecular weight is 506 g/mol. The second-order valence-electron chi connectivity index (χ2n) is 9.26. The van der Waals surface area contributed by atoms with Crippen molar-refractivity contribution in [3.63, 3.8) is 0 Å². The van der Waals surface area contributed by atoms with Gasteiger partial charge in [0.1, 0.15) is 11.6 Å². The van der Waals surface area contributed by atoms with Crippen molar-refractivity contribution in [1.29, 1.82) is 0 Å². The maximum absolute atomic E-state index is 14.1. The molecular weight excluding hydrogens is 477 g/mol. The van der Waals surface area contributed by atoms with E-state index in [0.29, 0.717) is 46.5 Å². The molecule has 2 aliphatic rings. The van der Waals surface area contributed by atoms with Crippen LogP contribution < -0.4 is 15.0 Å². The fourth-order valence-electron chi connectivity index (χ4n) is 4.84. The molecule has 1 spiro atoms. The lowest BCUT2D eigenvalue weighted by Crippen LogP contribution is -2.51. The maximum Gasteiger partial charge on any atom is 0.323 e. The number of carbonyl (C=O) groups is 2. The van der Waals surface area contributed by atoms with Crippen molar-refractivity contribution >= 4 is 35.1 Å². The van der Waals surface area contributed by atoms with Gasteiger partial charge in [-0.2, -0.15) is 0 Å². The number of hydrogen-bond acceptors (Lipinski definition) is 4. The summed E-state index contributed by atoms with van der Waals surface area (Å²) in [6, 6.07) is 19.1. The van der Waals surface area contributed by atoms with Crippen LogP contribution in [0.25, 0.3) is 0 Å². The van der Waals surface area contributed by atoms with Crippen LogP contribution in [0.5, 0.6) is 5.75 Å². The lowest BCUT2D eigenvalue weighted by Gasteiger charge is -2.33. The van der Waals surface area contributed by atoms with Gasteiger partial charge in [-0.3, -0.25) is 9.69 Å². The summed E-state index contributed by atoms with van der Waals surface area (Å²) in [5.41, 5.74) is 3.92. The third kappa shape index (κ3) is 4.09. The van der Waals surface area contributed by atoms with Crippen LogP contribution in [0.15, 0.2) is 66.7 Å². The van der Waals surface area contributed by atoms with Crippen LogP contribution in [-0.4, -0.2) is 36.2 Å². The normalized spacial score (nSPS) is 18.8. The molecule has 186 valence electrons. The highest BCUT2D eigenvalue weighted by Crippen LogP contribution is 2.55. The van der Waals surface area contributed by atoms with E-state index in [1.54, 1.807) is 35.1 Å². The molecule has 0 radical (unpaired) electrons. The fraction of sp³-hybridized carbons (Fsp3) is 0.286. The van der Waals surface area contributed by atoms with Crippen molar-refractivity contribution in [1.82, 2.24) is 4.90 Å². The van der Waals surface area contributed by atoms with E-state index < -0.39 is 4.87 Å². The average Bonchev–Trinajstić information content (AvgIpc) is 3.41. The molecule has 6 nitrogen and oxygen atoms in total. The van der Waals surface area contributed by atoms with Crippen LogP contribution >= 0.6 is 11.8 Å². The van der Waals surface area contributed by atoms with Crippen molar-refractivity contribution < 1.29 is 18.7 Å². The van der Waals surface area contributed by atoms with E-state index in [9.17, 15) is 14.0 Å². The van der Waals surface area contributed by atoms with E-state index in [2.05, 4.69) is 19.2 Å². The summed E-state index contributed by atoms with van der Waals surface area (Å²) in [5.74, 6) is 1.02. The third-order valence-corrected chi connectivity index (χ3v) is 8.12. The first-order chi connectivity index (χ1) is 17.3. The zero-order valence-corrected chi connectivity index (χ0v) is 21.3. The van der Waals surface area contributed by atoms with E-state index in [-0.39, 0.29) is 24.3 Å². The molecule has 0 unspecified atom stereocenters. The van der Waals surface area contributed by atoms with Crippen LogP contribution in [0.4, 0.5) is 20.6 Å². The Kier molecular flexibility index (Phi) is 6.38. The van der Waals surface area contributed by atoms with E-state index in [1.165, 1.54) is 29.5 Å². The number of nitrogens with one attached hydrogen (secondary N) is 1. The zero-order valence-electron chi connectivity index (χ0n) is 20.5. The van der Waals surface area contributed by atoms with Gasteiger partial charge in [0.25, 0.3) is 5.91 Å². The number of benzene rings is 3. The van der Waals surface area contributed by atoms with Crippen molar-refractivity contribution in [3.05, 3.63) is 89.2 Å². The highest BCUT2D eigenvalue weighted by molar-refractivity contribution is 8.01. The molecule has 1 N–H and O–H groups in total. The monoisotopic (exact) mass is 505 g/mol. The molecule has 2 aliphatic heterocycles. The highest BCUT2D eigenvalue weighted by Gasteiger charge is 2.59. The van der Waals surface area contributed by atoms with Gasteiger partial charge in [0, 0.05) is 23.5 Å². The Labute approximate surface area is 214 Å². The second-order valence-corrected chi connectivity index (χ2v) is 10.5. The Morgan fingerprint density at radius 1 is 1.14 bits per heavy atom. The lowest BCUT2D eigenvalue weighted by molar-refractivity contribution is -0.123. The summed E-state index contributed by atoms with van der Waals surface area (Å²) in [7, 11) is 1.57. The van der Waals surface area contributed by atoms with Gasteiger partial charge in [0.05, 0.1) is 19.3 Å². The molecule has 2 heterocycles. The topological polar surface area (TPSA) is 61.9 Å². The van der Waals surface area contributed by atoms with Gasteiger partial charge >= 0.3 is 6.03 Å². The van der Waals surface area contributed by atoms with Gasteiger partial charge in [0.15, 0.2) is 4.87 Å². The predicted molar refractivity (Wildman–Crippen MR) is 141 cm³/mol. The fourth-order valence-corrected chi connectivity index (χ4v) is 6.29. The molecule has 1 fully saturated rings. The number of fused-ring (bicyclic) bond motifs is 2. The first kappa shape index (κ1) is 24.2. The molecule has 8 heteroatoms. The number of carbonyl (C=O) groups excluding carboxylic acids is 2. The van der Waals surface area contributed by atoms with Gasteiger partial charge in [-0.25, -0.2) is 9.18 Å². The number of ether oxygens (including phenoxy) is 1. The molecule has 5 rings (SSSR count). The van der Waals surface area contributed by atoms with Gasteiger partial charge < -0.3 is 15.0 Å². The minimum atomic E-state index is -1.22. The van der Waals surface area contributed by atoms with Crippen molar-refractivity contribution in [3.8, 4) is 5.75 Å². The second kappa shape index (κ2) is 9.50. The number of urea groups is 1. The Morgan fingerprint density at radius 2 is 1.92 bits per heavy atom. The number of amides is 3. The molecule has 1 saturated heterocycles. The van der Waals surface area contributed by atoms with E-state index in [0.717, 1.165) is 0 Å². The summed E-state index contributed by atoms with van der Waals surface area (Å²) in [5, 5.41) is 2.98. The Balaban J connectivity index is 1.50. The first-order valence-electron chi connectivity index (χ1n) is 11.9. The summed E-state index contributed by atoms with van der Waals surface area (Å²) >= 11 is 1.44. The number of hydrogen-bond donors (Lipinski definition) is 1. The van der Waals surface area contributed by atoms with Crippen LogP contribution in [0.2, 0.25) is 0 Å². The van der Waals surface area contributed by atoms with Crippen LogP contribution in [0, 0.1) is 5.82 Å². The van der Waals surface area contributed by atoms with Crippen LogP contribution in [0.3, 0.4) is 0 Å². The van der Waals surface area contributed by atoms with Gasteiger partial charge in [0.2, 0.25) is 0 Å². The molecule has 0 aliphatic carbocycles. The molecule has 3 aromatic rings. The molecule has 0 bridgehead atoms. The number of thioether (sulfide) groups is 1. The minimum Gasteiger partial charge on any atom is -0.497 e. The van der Waals surface area contributed by atoms with Gasteiger partial charge in [-0.15, -0.1) is 11.8 Å². The molecule has 0 aromatic heterocycles. The molecule has 36 heavy (non-hydrogen) atoms. The van der Waals surface area contributed by atoms with E-state index in [1.807, 2.05) is 36.4 Å². The van der Waals surface area contributed by atoms with Crippen molar-refractivity contribution in [2.75, 3.05) is 29.6 Å². The molecule has 1 atom stereocenters. The maximum atomic E-state index is 14.1. The van der Waals surface area contributed by atoms with Gasteiger partial charge in [-0.1, -0.05) is 38.1 Å². The summed E-state index contributed by atoms with van der Waals surface area (Å²) < 4.78 is 19.3. The summed E-state index contributed by atoms with van der Waals surface area (Å²) in [6.45, 7) is 4.85. The molecular formula is C28H28FN3O3S. The summed E-state index contributed by atoms with van der Waals surface area (Å²) in [4.78, 5) is 29.7. The lowest BCUT2D eigenvalue weighted by atomic mass is 10.0. The van der Waals surface area contributed by atoms with Crippen LogP contribution in [0.1, 0.15) is 36.5 Å². The van der Waals surface area contributed by atoms with Crippen molar-refractivity contribution in [2.24, 2.45) is 0 Å². The third-order valence-electron chi connectivity index (χ3n) is 6.70. The highest BCUT2D eigenvalue weighted by atomic mass is 32.2. The smallest absolute Gasteiger partial charge is 0.323 e. The Bertz CT molecular complexity index is 1310. The van der Waals surface area contributed by atoms with Crippen molar-refractivity contribution in [2.45, 2.75) is 31.2 Å². The number of halogens is 1. The predicted octanol–water partition coefficient (Wildman–Crippen LogP) is 5.94. The number of rotatable bonds is 5. The van der Waals surface area contributed by atoms with E-state index >= 15 is 0 Å². The standard InChI is InChI=1S/C28H28FN3O3S/c1-18(2)20-7-9-22(10-8-20)30-27(34)32-13-14-36-28(32)24-16-23(35-3)11-12-25(24)31(26(28)33)17-19-5-4-6-21(29)15-19/h4-12,15-16,18H,13-14,17H2,1-3H3,(H,30,34)/t28-/m1/s1. The zero-order chi connectivity index (χ0) is 25.4. The van der Waals surface area contributed by atoms with Gasteiger partial charge in [-0.05, 0) is 59.5 Å².